The summed E-state index contributed by atoms with van der Waals surface area (Å²) in [4.78, 5) is 35.9. The number of carbonyl (C=O) groups excluding carboxylic acids is 2. The highest BCUT2D eigenvalue weighted by molar-refractivity contribution is 5.86. The highest BCUT2D eigenvalue weighted by Crippen LogP contribution is 2.18. The Hall–Kier alpha value is -2.71. The Bertz CT molecular complexity index is 764. The van der Waals surface area contributed by atoms with Crippen molar-refractivity contribution in [2.45, 2.75) is 26.8 Å². The third-order valence-electron chi connectivity index (χ3n) is 4.07. The second kappa shape index (κ2) is 6.42. The number of hydrogen-bond acceptors (Lipinski definition) is 6. The minimum atomic E-state index is -0.501. The zero-order valence-electron chi connectivity index (χ0n) is 14.1. The Morgan fingerprint density at radius 3 is 2.62 bits per heavy atom. The molecule has 1 saturated heterocycles. The monoisotopic (exact) mass is 331 g/mol. The molecule has 3 heterocycles. The van der Waals surface area contributed by atoms with Gasteiger partial charge in [0.05, 0.1) is 0 Å². The van der Waals surface area contributed by atoms with Crippen molar-refractivity contribution in [3.8, 4) is 0 Å². The van der Waals surface area contributed by atoms with Gasteiger partial charge < -0.3 is 15.1 Å². The fraction of sp³-hybridized carbons (Fsp3) is 0.533. The van der Waals surface area contributed by atoms with Crippen LogP contribution in [0.3, 0.4) is 0 Å². The van der Waals surface area contributed by atoms with Gasteiger partial charge in [0.25, 0.3) is 5.78 Å². The number of hydrogen-bond donors (Lipinski definition) is 1. The minimum absolute atomic E-state index is 0.0540. The van der Waals surface area contributed by atoms with E-state index in [1.165, 1.54) is 13.3 Å². The highest BCUT2D eigenvalue weighted by Gasteiger charge is 2.26. The summed E-state index contributed by atoms with van der Waals surface area (Å²) in [5.74, 6) is 1.25. The van der Waals surface area contributed by atoms with Crippen LogP contribution in [0.2, 0.25) is 0 Å². The predicted molar refractivity (Wildman–Crippen MR) is 87.6 cm³/mol. The van der Waals surface area contributed by atoms with Gasteiger partial charge in [0.15, 0.2) is 0 Å². The number of aromatic nitrogens is 4. The molecule has 1 fully saturated rings. The summed E-state index contributed by atoms with van der Waals surface area (Å²) in [7, 11) is 0. The van der Waals surface area contributed by atoms with Crippen molar-refractivity contribution in [1.82, 2.24) is 29.8 Å². The fourth-order valence-electron chi connectivity index (χ4n) is 2.93. The van der Waals surface area contributed by atoms with Crippen molar-refractivity contribution >= 4 is 23.4 Å². The van der Waals surface area contributed by atoms with Gasteiger partial charge in [-0.25, -0.2) is 4.98 Å². The van der Waals surface area contributed by atoms with E-state index in [4.69, 9.17) is 0 Å². The maximum atomic E-state index is 12.4. The second-order valence-corrected chi connectivity index (χ2v) is 5.96. The molecule has 9 nitrogen and oxygen atoms in total. The van der Waals surface area contributed by atoms with E-state index in [2.05, 4.69) is 25.3 Å². The number of amides is 2. The number of carbonyl (C=O) groups is 2. The van der Waals surface area contributed by atoms with Gasteiger partial charge in [0, 0.05) is 44.9 Å². The Balaban J connectivity index is 1.69. The van der Waals surface area contributed by atoms with Crippen molar-refractivity contribution in [2.24, 2.45) is 0 Å². The van der Waals surface area contributed by atoms with Crippen molar-refractivity contribution in [2.75, 3.05) is 31.1 Å². The number of anilines is 1. The molecule has 0 aliphatic carbocycles. The fourth-order valence-corrected chi connectivity index (χ4v) is 2.93. The van der Waals surface area contributed by atoms with Gasteiger partial charge in [-0.15, -0.1) is 0 Å². The lowest BCUT2D eigenvalue weighted by Crippen LogP contribution is -2.54. The molecule has 1 unspecified atom stereocenters. The van der Waals surface area contributed by atoms with Crippen LogP contribution in [0.15, 0.2) is 12.4 Å². The third-order valence-corrected chi connectivity index (χ3v) is 4.07. The SMILES string of the molecule is CC(=O)NC(C)C(=O)N1CCN(c2cc(C)nc3ncnn23)CC1. The first-order valence-electron chi connectivity index (χ1n) is 7.94. The van der Waals surface area contributed by atoms with Crippen LogP contribution in [0.1, 0.15) is 19.5 Å². The lowest BCUT2D eigenvalue weighted by molar-refractivity contribution is -0.135. The van der Waals surface area contributed by atoms with Crippen LogP contribution in [0.5, 0.6) is 0 Å². The van der Waals surface area contributed by atoms with Gasteiger partial charge in [-0.05, 0) is 13.8 Å². The molecule has 0 bridgehead atoms. The number of fused-ring (bicyclic) bond motifs is 1. The minimum Gasteiger partial charge on any atom is -0.353 e. The van der Waals surface area contributed by atoms with E-state index >= 15 is 0 Å². The van der Waals surface area contributed by atoms with E-state index in [9.17, 15) is 9.59 Å². The number of piperazine rings is 1. The van der Waals surface area contributed by atoms with Crippen molar-refractivity contribution in [1.29, 1.82) is 0 Å². The molecular formula is C15H21N7O2. The average molecular weight is 331 g/mol. The van der Waals surface area contributed by atoms with Crippen LogP contribution in [0.4, 0.5) is 5.82 Å². The van der Waals surface area contributed by atoms with Gasteiger partial charge in [-0.3, -0.25) is 9.59 Å². The summed E-state index contributed by atoms with van der Waals surface area (Å²) in [6.07, 6.45) is 1.49. The molecule has 1 aliphatic heterocycles. The molecule has 9 heteroatoms. The molecule has 3 rings (SSSR count). The zero-order chi connectivity index (χ0) is 17.3. The van der Waals surface area contributed by atoms with E-state index in [0.717, 1.165) is 11.5 Å². The predicted octanol–water partition coefficient (Wildman–Crippen LogP) is -0.394. The van der Waals surface area contributed by atoms with Gasteiger partial charge in [0.2, 0.25) is 11.8 Å². The van der Waals surface area contributed by atoms with E-state index in [-0.39, 0.29) is 11.8 Å². The number of nitrogens with one attached hydrogen (secondary N) is 1. The summed E-state index contributed by atoms with van der Waals surface area (Å²) in [5.41, 5.74) is 0.878. The summed E-state index contributed by atoms with van der Waals surface area (Å²) in [6.45, 7) is 7.62. The zero-order valence-corrected chi connectivity index (χ0v) is 14.1. The summed E-state index contributed by atoms with van der Waals surface area (Å²) >= 11 is 0. The van der Waals surface area contributed by atoms with Crippen LogP contribution in [-0.4, -0.2) is 68.5 Å². The summed E-state index contributed by atoms with van der Waals surface area (Å²) in [5, 5.41) is 6.86. The average Bonchev–Trinajstić information content (AvgIpc) is 3.01. The van der Waals surface area contributed by atoms with Crippen molar-refractivity contribution in [3.63, 3.8) is 0 Å². The molecule has 1 N–H and O–H groups in total. The molecule has 1 atom stereocenters. The van der Waals surface area contributed by atoms with Crippen molar-refractivity contribution in [3.05, 3.63) is 18.1 Å². The van der Waals surface area contributed by atoms with Gasteiger partial charge in [0.1, 0.15) is 18.2 Å². The van der Waals surface area contributed by atoms with Gasteiger partial charge >= 0.3 is 0 Å². The van der Waals surface area contributed by atoms with Crippen LogP contribution in [0.25, 0.3) is 5.78 Å². The quantitative estimate of drug-likeness (QED) is 0.823. The summed E-state index contributed by atoms with van der Waals surface area (Å²) < 4.78 is 1.71. The maximum Gasteiger partial charge on any atom is 0.254 e. The largest absolute Gasteiger partial charge is 0.353 e. The molecule has 2 aromatic rings. The molecule has 0 aromatic carbocycles. The van der Waals surface area contributed by atoms with Gasteiger partial charge in [-0.2, -0.15) is 14.6 Å². The molecule has 2 aromatic heterocycles. The topological polar surface area (TPSA) is 95.7 Å². The molecule has 0 spiro atoms. The Morgan fingerprint density at radius 2 is 1.96 bits per heavy atom. The second-order valence-electron chi connectivity index (χ2n) is 5.96. The molecule has 0 radical (unpaired) electrons. The standard InChI is InChI=1S/C15H21N7O2/c1-10-8-13(22-15(18-10)16-9-17-22)20-4-6-21(7-5-20)14(24)11(2)19-12(3)23/h8-9,11H,4-7H2,1-3H3,(H,19,23). The van der Waals surface area contributed by atoms with Crippen LogP contribution in [0, 0.1) is 6.92 Å². The van der Waals surface area contributed by atoms with E-state index < -0.39 is 6.04 Å². The lowest BCUT2D eigenvalue weighted by atomic mass is 10.2. The normalized spacial score (nSPS) is 16.3. The highest BCUT2D eigenvalue weighted by atomic mass is 16.2. The van der Waals surface area contributed by atoms with E-state index in [1.54, 1.807) is 16.3 Å². The number of aryl methyl sites for hydroxylation is 1. The Kier molecular flexibility index (Phi) is 4.32. The maximum absolute atomic E-state index is 12.4. The Labute approximate surface area is 139 Å². The van der Waals surface area contributed by atoms with Crippen LogP contribution < -0.4 is 10.2 Å². The van der Waals surface area contributed by atoms with Crippen LogP contribution >= 0.6 is 0 Å². The molecule has 0 saturated carbocycles. The lowest BCUT2D eigenvalue weighted by Gasteiger charge is -2.37. The number of rotatable bonds is 3. The first-order chi connectivity index (χ1) is 11.5. The first kappa shape index (κ1) is 16.2. The Morgan fingerprint density at radius 1 is 1.25 bits per heavy atom. The third kappa shape index (κ3) is 3.15. The van der Waals surface area contributed by atoms with E-state index in [1.807, 2.05) is 13.0 Å². The molecule has 1 aliphatic rings. The molecule has 128 valence electrons. The number of nitrogens with zero attached hydrogens (tertiary/aromatic N) is 6. The van der Waals surface area contributed by atoms with Gasteiger partial charge in [-0.1, -0.05) is 0 Å². The molecule has 24 heavy (non-hydrogen) atoms. The molecular weight excluding hydrogens is 310 g/mol. The molecule has 2 amide bonds. The first-order valence-corrected chi connectivity index (χ1v) is 7.94. The van der Waals surface area contributed by atoms with Crippen LogP contribution in [-0.2, 0) is 9.59 Å². The smallest absolute Gasteiger partial charge is 0.254 e. The summed E-state index contributed by atoms with van der Waals surface area (Å²) in [6, 6.07) is 1.47. The van der Waals surface area contributed by atoms with E-state index in [0.29, 0.717) is 32.0 Å². The van der Waals surface area contributed by atoms with Crippen molar-refractivity contribution < 1.29 is 9.59 Å².